The van der Waals surface area contributed by atoms with Gasteiger partial charge in [-0.1, -0.05) is 19.3 Å². The Labute approximate surface area is 119 Å². The van der Waals surface area contributed by atoms with Gasteiger partial charge in [0.15, 0.2) is 0 Å². The number of hydrogen-bond donors (Lipinski definition) is 3. The first-order valence-electron chi connectivity index (χ1n) is 7.59. The van der Waals surface area contributed by atoms with Gasteiger partial charge in [0.2, 0.25) is 5.91 Å². The van der Waals surface area contributed by atoms with Gasteiger partial charge in [0.05, 0.1) is 13.0 Å². The summed E-state index contributed by atoms with van der Waals surface area (Å²) in [6.45, 7) is 0.638. The number of hydrogen-bond acceptors (Lipinski definition) is 3. The fourth-order valence-corrected chi connectivity index (χ4v) is 3.30. The summed E-state index contributed by atoms with van der Waals surface area (Å²) in [6.07, 6.45) is 7.15. The van der Waals surface area contributed by atoms with Gasteiger partial charge in [-0.15, -0.1) is 0 Å². The Morgan fingerprint density at radius 3 is 2.10 bits per heavy atom. The Morgan fingerprint density at radius 1 is 0.950 bits per heavy atom. The highest BCUT2D eigenvalue weighted by atomic mass is 16.4. The van der Waals surface area contributed by atoms with Crippen LogP contribution in [0.5, 0.6) is 0 Å². The van der Waals surface area contributed by atoms with E-state index in [9.17, 15) is 14.7 Å². The summed E-state index contributed by atoms with van der Waals surface area (Å²) in [7, 11) is 0. The predicted molar refractivity (Wildman–Crippen MR) is 74.2 cm³/mol. The van der Waals surface area contributed by atoms with Crippen molar-refractivity contribution in [3.05, 3.63) is 0 Å². The van der Waals surface area contributed by atoms with Crippen LogP contribution in [0.15, 0.2) is 0 Å². The highest BCUT2D eigenvalue weighted by molar-refractivity contribution is 5.78. The Kier molecular flexibility index (Phi) is 4.68. The number of carbonyl (C=O) groups excluding carboxylic acids is 1. The van der Waals surface area contributed by atoms with E-state index in [-0.39, 0.29) is 29.8 Å². The normalized spacial score (nSPS) is 23.1. The second-order valence-corrected chi connectivity index (χ2v) is 6.74. The molecule has 5 heteroatoms. The molecule has 5 nitrogen and oxygen atoms in total. The molecule has 0 aliphatic heterocycles. The minimum Gasteiger partial charge on any atom is -0.481 e. The van der Waals surface area contributed by atoms with Crippen molar-refractivity contribution in [2.24, 2.45) is 10.8 Å². The van der Waals surface area contributed by atoms with Crippen molar-refractivity contribution in [1.82, 2.24) is 5.32 Å². The van der Waals surface area contributed by atoms with Crippen molar-refractivity contribution in [1.29, 1.82) is 0 Å². The summed E-state index contributed by atoms with van der Waals surface area (Å²) in [5.41, 5.74) is -0.452. The molecule has 0 radical (unpaired) electrons. The van der Waals surface area contributed by atoms with E-state index in [0.717, 1.165) is 44.9 Å². The highest BCUT2D eigenvalue weighted by Gasteiger charge is 2.43. The van der Waals surface area contributed by atoms with Gasteiger partial charge in [-0.05, 0) is 31.1 Å². The van der Waals surface area contributed by atoms with E-state index in [1.165, 1.54) is 0 Å². The van der Waals surface area contributed by atoms with Crippen LogP contribution in [-0.4, -0.2) is 35.2 Å². The molecule has 0 spiro atoms. The van der Waals surface area contributed by atoms with Crippen molar-refractivity contribution in [2.45, 2.75) is 57.8 Å². The van der Waals surface area contributed by atoms with Crippen molar-refractivity contribution in [2.75, 3.05) is 13.2 Å². The quantitative estimate of drug-likeness (QED) is 0.663. The molecule has 2 fully saturated rings. The van der Waals surface area contributed by atoms with E-state index in [1.54, 1.807) is 0 Å². The number of carboxylic acid groups (broad SMARTS) is 1. The number of carbonyl (C=O) groups is 2. The summed E-state index contributed by atoms with van der Waals surface area (Å²) in [6, 6.07) is 0. The molecule has 2 aliphatic rings. The molecule has 0 aromatic heterocycles. The first-order valence-corrected chi connectivity index (χ1v) is 7.59. The molecule has 114 valence electrons. The molecular weight excluding hydrogens is 258 g/mol. The monoisotopic (exact) mass is 283 g/mol. The van der Waals surface area contributed by atoms with Gasteiger partial charge in [-0.25, -0.2) is 0 Å². The minimum atomic E-state index is -0.811. The molecule has 2 aliphatic carbocycles. The third-order valence-corrected chi connectivity index (χ3v) is 4.93. The van der Waals surface area contributed by atoms with E-state index in [1.807, 2.05) is 0 Å². The van der Waals surface area contributed by atoms with Crippen LogP contribution in [0.1, 0.15) is 57.8 Å². The number of aliphatic hydroxyl groups is 1. The number of nitrogens with one attached hydrogen (secondary N) is 1. The third-order valence-electron chi connectivity index (χ3n) is 4.93. The van der Waals surface area contributed by atoms with Crippen LogP contribution in [0.4, 0.5) is 0 Å². The van der Waals surface area contributed by atoms with Crippen molar-refractivity contribution in [3.8, 4) is 0 Å². The molecule has 1 amide bonds. The molecule has 0 atom stereocenters. The fraction of sp³-hybridized carbons (Fsp3) is 0.867. The SMILES string of the molecule is O=C(O)CC1(CC(=O)NCC2(CO)CC2)CCCCC1. The average molecular weight is 283 g/mol. The second-order valence-electron chi connectivity index (χ2n) is 6.74. The third kappa shape index (κ3) is 3.95. The standard InChI is InChI=1S/C15H25NO4/c17-11-15(6-7-15)10-16-12(18)8-14(9-13(19)20)4-2-1-3-5-14/h17H,1-11H2,(H,16,18)(H,19,20). The lowest BCUT2D eigenvalue weighted by Crippen LogP contribution is -2.38. The van der Waals surface area contributed by atoms with Crippen LogP contribution < -0.4 is 5.32 Å². The smallest absolute Gasteiger partial charge is 0.303 e. The molecule has 2 saturated carbocycles. The van der Waals surface area contributed by atoms with Gasteiger partial charge in [0.25, 0.3) is 0 Å². The van der Waals surface area contributed by atoms with Gasteiger partial charge in [0, 0.05) is 18.4 Å². The second kappa shape index (κ2) is 6.12. The largest absolute Gasteiger partial charge is 0.481 e. The highest BCUT2D eigenvalue weighted by Crippen LogP contribution is 2.45. The van der Waals surface area contributed by atoms with Crippen LogP contribution in [0.2, 0.25) is 0 Å². The molecular formula is C15H25NO4. The molecule has 2 rings (SSSR count). The first-order chi connectivity index (χ1) is 9.49. The molecule has 0 bridgehead atoms. The van der Waals surface area contributed by atoms with E-state index < -0.39 is 5.97 Å². The summed E-state index contributed by atoms with van der Waals surface area (Å²) < 4.78 is 0. The maximum atomic E-state index is 12.1. The molecule has 0 saturated heterocycles. The lowest BCUT2D eigenvalue weighted by molar-refractivity contribution is -0.141. The lowest BCUT2D eigenvalue weighted by Gasteiger charge is -2.35. The maximum Gasteiger partial charge on any atom is 0.303 e. The summed E-state index contributed by atoms with van der Waals surface area (Å²) in [5, 5.41) is 21.2. The van der Waals surface area contributed by atoms with Crippen LogP contribution in [0.3, 0.4) is 0 Å². The van der Waals surface area contributed by atoms with Gasteiger partial charge in [0.1, 0.15) is 0 Å². The Hall–Kier alpha value is -1.10. The van der Waals surface area contributed by atoms with E-state index in [4.69, 9.17) is 5.11 Å². The molecule has 20 heavy (non-hydrogen) atoms. The van der Waals surface area contributed by atoms with Crippen LogP contribution in [0, 0.1) is 10.8 Å². The van der Waals surface area contributed by atoms with Crippen molar-refractivity contribution < 1.29 is 19.8 Å². The van der Waals surface area contributed by atoms with E-state index >= 15 is 0 Å². The molecule has 0 heterocycles. The maximum absolute atomic E-state index is 12.1. The van der Waals surface area contributed by atoms with Crippen LogP contribution in [0.25, 0.3) is 0 Å². The van der Waals surface area contributed by atoms with E-state index in [2.05, 4.69) is 5.32 Å². The molecule has 0 aromatic carbocycles. The zero-order chi connectivity index (χ0) is 14.6. The Bertz CT molecular complexity index is 370. The van der Waals surface area contributed by atoms with Gasteiger partial charge < -0.3 is 15.5 Å². The van der Waals surface area contributed by atoms with Crippen LogP contribution >= 0.6 is 0 Å². The number of aliphatic hydroxyl groups excluding tert-OH is 1. The molecule has 3 N–H and O–H groups in total. The van der Waals surface area contributed by atoms with Gasteiger partial charge >= 0.3 is 5.97 Å². The number of aliphatic carboxylic acids is 1. The zero-order valence-corrected chi connectivity index (χ0v) is 12.0. The molecule has 0 unspecified atom stereocenters. The first kappa shape index (κ1) is 15.3. The lowest BCUT2D eigenvalue weighted by atomic mass is 9.69. The number of amides is 1. The van der Waals surface area contributed by atoms with E-state index in [0.29, 0.717) is 13.0 Å². The summed E-state index contributed by atoms with van der Waals surface area (Å²) in [4.78, 5) is 23.2. The summed E-state index contributed by atoms with van der Waals surface area (Å²) in [5.74, 6) is -0.874. The predicted octanol–water partition coefficient (Wildman–Crippen LogP) is 1.69. The van der Waals surface area contributed by atoms with Gasteiger partial charge in [-0.2, -0.15) is 0 Å². The number of rotatable bonds is 7. The Balaban J connectivity index is 1.86. The summed E-state index contributed by atoms with van der Waals surface area (Å²) >= 11 is 0. The van der Waals surface area contributed by atoms with Crippen molar-refractivity contribution in [3.63, 3.8) is 0 Å². The molecule has 0 aromatic rings. The number of carboxylic acids is 1. The topological polar surface area (TPSA) is 86.6 Å². The van der Waals surface area contributed by atoms with Crippen molar-refractivity contribution >= 4 is 11.9 Å². The average Bonchev–Trinajstić information content (AvgIpc) is 3.17. The zero-order valence-electron chi connectivity index (χ0n) is 12.0. The van der Waals surface area contributed by atoms with Gasteiger partial charge in [-0.3, -0.25) is 9.59 Å². The fourth-order valence-electron chi connectivity index (χ4n) is 3.30. The Morgan fingerprint density at radius 2 is 1.60 bits per heavy atom. The van der Waals surface area contributed by atoms with Crippen LogP contribution in [-0.2, 0) is 9.59 Å². The minimum absolute atomic E-state index is 0.0622.